The Morgan fingerprint density at radius 2 is 2.00 bits per heavy atom. The molecule has 0 saturated carbocycles. The van der Waals surface area contributed by atoms with Gasteiger partial charge in [-0.05, 0) is 18.9 Å². The molecule has 0 aromatic carbocycles. The third-order valence-electron chi connectivity index (χ3n) is 4.20. The summed E-state index contributed by atoms with van der Waals surface area (Å²) in [5.74, 6) is 0.783. The summed E-state index contributed by atoms with van der Waals surface area (Å²) >= 11 is 0. The summed E-state index contributed by atoms with van der Waals surface area (Å²) < 4.78 is 12.2. The molecule has 0 aliphatic rings. The highest BCUT2D eigenvalue weighted by Crippen LogP contribution is 2.24. The summed E-state index contributed by atoms with van der Waals surface area (Å²) in [6.07, 6.45) is 6.47. The van der Waals surface area contributed by atoms with E-state index >= 15 is 0 Å². The highest BCUT2D eigenvalue weighted by atomic mass is 16.5. The molecule has 25 heavy (non-hydrogen) atoms. The fourth-order valence-electron chi connectivity index (χ4n) is 3.00. The highest BCUT2D eigenvalue weighted by Gasteiger charge is 2.22. The van der Waals surface area contributed by atoms with Crippen LogP contribution in [0.4, 0.5) is 0 Å². The second-order valence-electron chi connectivity index (χ2n) is 6.31. The summed E-state index contributed by atoms with van der Waals surface area (Å²) in [7, 11) is 1.53. The maximum Gasteiger partial charge on any atom is 0.169 e. The van der Waals surface area contributed by atoms with Crippen molar-refractivity contribution < 1.29 is 19.4 Å². The lowest BCUT2D eigenvalue weighted by Gasteiger charge is -2.14. The van der Waals surface area contributed by atoms with Crippen LogP contribution in [0.2, 0.25) is 0 Å². The molecule has 2 aromatic rings. The lowest BCUT2D eigenvalue weighted by atomic mass is 9.90. The maximum atomic E-state index is 12.9. The molecule has 0 radical (unpaired) electrons. The standard InChI is InChI=1S/C19H28N2O4/c1-4-6-14(7-5-2)19(23)17-11-20-21-9-8-16(10-18(17)21)25-13-15(22)12-24-3/h8-11,14-15,22H,4-7,12-13H2,1-3H3. The Kier molecular flexibility index (Phi) is 7.40. The zero-order chi connectivity index (χ0) is 18.2. The molecule has 0 spiro atoms. The topological polar surface area (TPSA) is 73.1 Å². The Morgan fingerprint density at radius 3 is 2.64 bits per heavy atom. The van der Waals surface area contributed by atoms with E-state index in [0.717, 1.165) is 31.2 Å². The summed E-state index contributed by atoms with van der Waals surface area (Å²) in [6.45, 7) is 4.55. The molecule has 138 valence electrons. The second kappa shape index (κ2) is 9.53. The minimum absolute atomic E-state index is 0.0381. The third-order valence-corrected chi connectivity index (χ3v) is 4.20. The van der Waals surface area contributed by atoms with E-state index in [1.54, 1.807) is 29.0 Å². The fourth-order valence-corrected chi connectivity index (χ4v) is 3.00. The largest absolute Gasteiger partial charge is 0.491 e. The van der Waals surface area contributed by atoms with Crippen LogP contribution in [-0.4, -0.2) is 46.9 Å². The zero-order valence-electron chi connectivity index (χ0n) is 15.3. The van der Waals surface area contributed by atoms with Crippen LogP contribution in [0.25, 0.3) is 5.52 Å². The molecule has 0 amide bonds. The van der Waals surface area contributed by atoms with Gasteiger partial charge in [-0.25, -0.2) is 4.52 Å². The Labute approximate surface area is 148 Å². The molecule has 1 N–H and O–H groups in total. The Bertz CT molecular complexity index is 677. The molecule has 0 aliphatic carbocycles. The number of carbonyl (C=O) groups excluding carboxylic acids is 1. The van der Waals surface area contributed by atoms with E-state index in [1.165, 1.54) is 7.11 Å². The van der Waals surface area contributed by atoms with E-state index in [4.69, 9.17) is 9.47 Å². The van der Waals surface area contributed by atoms with Gasteiger partial charge < -0.3 is 14.6 Å². The highest BCUT2D eigenvalue weighted by molar-refractivity contribution is 6.03. The van der Waals surface area contributed by atoms with Gasteiger partial charge in [-0.1, -0.05) is 26.7 Å². The number of rotatable bonds is 11. The Balaban J connectivity index is 2.20. The SMILES string of the molecule is CCCC(CCC)C(=O)c1cnn2ccc(OCC(O)COC)cc12. The summed E-state index contributed by atoms with van der Waals surface area (Å²) in [5, 5.41) is 14.0. The van der Waals surface area contributed by atoms with Crippen LogP contribution in [0.15, 0.2) is 24.5 Å². The molecule has 0 bridgehead atoms. The van der Waals surface area contributed by atoms with Crippen LogP contribution in [0.5, 0.6) is 5.75 Å². The van der Waals surface area contributed by atoms with Gasteiger partial charge in [0.1, 0.15) is 18.5 Å². The molecule has 2 aromatic heterocycles. The molecule has 0 fully saturated rings. The van der Waals surface area contributed by atoms with Gasteiger partial charge in [-0.2, -0.15) is 5.10 Å². The van der Waals surface area contributed by atoms with Gasteiger partial charge in [0.15, 0.2) is 5.78 Å². The first-order valence-corrected chi connectivity index (χ1v) is 8.92. The lowest BCUT2D eigenvalue weighted by Crippen LogP contribution is -2.22. The van der Waals surface area contributed by atoms with Crippen molar-refractivity contribution in [2.45, 2.75) is 45.6 Å². The van der Waals surface area contributed by atoms with Crippen LogP contribution in [0.1, 0.15) is 49.9 Å². The smallest absolute Gasteiger partial charge is 0.169 e. The number of nitrogens with zero attached hydrogens (tertiary/aromatic N) is 2. The van der Waals surface area contributed by atoms with Gasteiger partial charge in [-0.3, -0.25) is 4.79 Å². The number of Topliss-reactive ketones (excluding diaryl/α,β-unsaturated/α-hetero) is 1. The van der Waals surface area contributed by atoms with Gasteiger partial charge in [0.2, 0.25) is 0 Å². The molecule has 2 rings (SSSR count). The van der Waals surface area contributed by atoms with E-state index in [0.29, 0.717) is 11.3 Å². The van der Waals surface area contributed by atoms with Crippen molar-refractivity contribution in [3.05, 3.63) is 30.1 Å². The van der Waals surface area contributed by atoms with Crippen molar-refractivity contribution in [2.75, 3.05) is 20.3 Å². The number of methoxy groups -OCH3 is 1. The minimum Gasteiger partial charge on any atom is -0.491 e. The second-order valence-corrected chi connectivity index (χ2v) is 6.31. The Morgan fingerprint density at radius 1 is 1.28 bits per heavy atom. The predicted octanol–water partition coefficient (Wildman–Crippen LogP) is 3.12. The van der Waals surface area contributed by atoms with Gasteiger partial charge in [0, 0.05) is 25.3 Å². The van der Waals surface area contributed by atoms with Crippen LogP contribution in [0.3, 0.4) is 0 Å². The number of ketones is 1. The van der Waals surface area contributed by atoms with E-state index in [1.807, 2.05) is 0 Å². The maximum absolute atomic E-state index is 12.9. The predicted molar refractivity (Wildman–Crippen MR) is 96.2 cm³/mol. The average molecular weight is 348 g/mol. The summed E-state index contributed by atoms with van der Waals surface area (Å²) in [6, 6.07) is 3.57. The first-order valence-electron chi connectivity index (χ1n) is 8.92. The number of hydrogen-bond donors (Lipinski definition) is 1. The van der Waals surface area contributed by atoms with E-state index < -0.39 is 6.10 Å². The first-order chi connectivity index (χ1) is 12.1. The molecule has 0 aliphatic heterocycles. The molecule has 1 unspecified atom stereocenters. The van der Waals surface area contributed by atoms with Gasteiger partial charge in [-0.15, -0.1) is 0 Å². The lowest BCUT2D eigenvalue weighted by molar-refractivity contribution is 0.0325. The zero-order valence-corrected chi connectivity index (χ0v) is 15.3. The first kappa shape index (κ1) is 19.4. The van der Waals surface area contributed by atoms with Crippen molar-refractivity contribution in [2.24, 2.45) is 5.92 Å². The molecular weight excluding hydrogens is 320 g/mol. The molecular formula is C19H28N2O4. The van der Waals surface area contributed by atoms with Crippen molar-refractivity contribution in [1.82, 2.24) is 9.61 Å². The van der Waals surface area contributed by atoms with Crippen molar-refractivity contribution in [3.8, 4) is 5.75 Å². The number of ether oxygens (including phenoxy) is 2. The van der Waals surface area contributed by atoms with Gasteiger partial charge in [0.05, 0.1) is 23.9 Å². The molecule has 6 heteroatoms. The molecule has 2 heterocycles. The van der Waals surface area contributed by atoms with Crippen LogP contribution >= 0.6 is 0 Å². The number of aliphatic hydroxyl groups is 1. The number of carbonyl (C=O) groups is 1. The number of pyridine rings is 1. The van der Waals surface area contributed by atoms with Gasteiger partial charge in [0.25, 0.3) is 0 Å². The number of hydrogen-bond acceptors (Lipinski definition) is 5. The normalized spacial score (nSPS) is 12.7. The number of aromatic nitrogens is 2. The van der Waals surface area contributed by atoms with E-state index in [9.17, 15) is 9.90 Å². The van der Waals surface area contributed by atoms with Crippen molar-refractivity contribution in [1.29, 1.82) is 0 Å². The number of aliphatic hydroxyl groups excluding tert-OH is 1. The Hall–Kier alpha value is -1.92. The van der Waals surface area contributed by atoms with Crippen LogP contribution < -0.4 is 4.74 Å². The van der Waals surface area contributed by atoms with Crippen molar-refractivity contribution >= 4 is 11.3 Å². The van der Waals surface area contributed by atoms with E-state index in [2.05, 4.69) is 18.9 Å². The fraction of sp³-hybridized carbons (Fsp3) is 0.579. The molecule has 1 atom stereocenters. The van der Waals surface area contributed by atoms with Gasteiger partial charge >= 0.3 is 0 Å². The quantitative estimate of drug-likeness (QED) is 0.632. The van der Waals surface area contributed by atoms with E-state index in [-0.39, 0.29) is 24.9 Å². The molecule has 6 nitrogen and oxygen atoms in total. The monoisotopic (exact) mass is 348 g/mol. The molecule has 0 saturated heterocycles. The van der Waals surface area contributed by atoms with Crippen LogP contribution in [-0.2, 0) is 4.74 Å². The number of fused-ring (bicyclic) bond motifs is 1. The van der Waals surface area contributed by atoms with Crippen LogP contribution in [0, 0.1) is 5.92 Å². The average Bonchev–Trinajstić information content (AvgIpc) is 3.02. The summed E-state index contributed by atoms with van der Waals surface area (Å²) in [4.78, 5) is 12.9. The van der Waals surface area contributed by atoms with Crippen molar-refractivity contribution in [3.63, 3.8) is 0 Å². The third kappa shape index (κ3) is 5.03. The minimum atomic E-state index is -0.689. The summed E-state index contributed by atoms with van der Waals surface area (Å²) in [5.41, 5.74) is 1.37.